The standard InChI is InChI=1S/C23H35N5O4/c1-25-23(24)27-18(10-12-28-13-11-26-16-28)4-3-5-19(29)15-20(30)8-6-17-7-9-21(31)22(14-17)32-2/h7,9,11,13-14,18,26,31H,3-6,8,10,12,15-16H2,1-2H3,(H3,24,25,27)/p+1/t18-/m1/s1. The summed E-state index contributed by atoms with van der Waals surface area (Å²) in [6, 6.07) is 5.13. The normalized spacial score (nSPS) is 16.4. The number of methoxy groups -OCH3 is 1. The van der Waals surface area contributed by atoms with Crippen LogP contribution in [0.25, 0.3) is 0 Å². The number of rotatable bonds is 14. The van der Waals surface area contributed by atoms with Crippen molar-refractivity contribution in [1.82, 2.24) is 10.6 Å². The van der Waals surface area contributed by atoms with Crippen molar-refractivity contribution in [1.29, 1.82) is 0 Å². The van der Waals surface area contributed by atoms with Crippen LogP contribution in [0, 0.1) is 0 Å². The van der Waals surface area contributed by atoms with Crippen molar-refractivity contribution >= 4 is 17.5 Å². The smallest absolute Gasteiger partial charge is 0.188 e. The summed E-state index contributed by atoms with van der Waals surface area (Å²) < 4.78 is 5.08. The Kier molecular flexibility index (Phi) is 10.5. The Hall–Kier alpha value is -3.07. The van der Waals surface area contributed by atoms with Gasteiger partial charge in [-0.15, -0.1) is 0 Å². The highest BCUT2D eigenvalue weighted by Crippen LogP contribution is 2.26. The highest BCUT2D eigenvalue weighted by molar-refractivity contribution is 5.99. The van der Waals surface area contributed by atoms with Crippen molar-refractivity contribution < 1.29 is 24.3 Å². The Balaban J connectivity index is 1.70. The quantitative estimate of drug-likeness (QED) is 0.157. The number of aromatic hydroxyl groups is 1. The Bertz CT molecular complexity index is 825. The topological polar surface area (TPSA) is 130 Å². The summed E-state index contributed by atoms with van der Waals surface area (Å²) in [4.78, 5) is 29.8. The molecule has 1 aliphatic rings. The van der Waals surface area contributed by atoms with E-state index in [1.54, 1.807) is 25.2 Å². The summed E-state index contributed by atoms with van der Waals surface area (Å²) in [5, 5.41) is 16.0. The van der Waals surface area contributed by atoms with Crippen LogP contribution in [0.2, 0.25) is 0 Å². The maximum atomic E-state index is 12.3. The molecule has 32 heavy (non-hydrogen) atoms. The van der Waals surface area contributed by atoms with E-state index < -0.39 is 0 Å². The van der Waals surface area contributed by atoms with Gasteiger partial charge in [0, 0.05) is 32.4 Å². The number of aliphatic imine (C=N–C) groups is 1. The van der Waals surface area contributed by atoms with Gasteiger partial charge in [-0.05, 0) is 37.0 Å². The molecule has 0 bridgehead atoms. The fraction of sp³-hybridized carbons (Fsp3) is 0.522. The zero-order valence-corrected chi connectivity index (χ0v) is 19.0. The predicted octanol–water partition coefficient (Wildman–Crippen LogP) is 0.242. The predicted molar refractivity (Wildman–Crippen MR) is 124 cm³/mol. The number of Topliss-reactive ketones (excluding diaryl/α,β-unsaturated/α-hetero) is 2. The first kappa shape index (κ1) is 25.2. The molecule has 1 heterocycles. The first-order chi connectivity index (χ1) is 15.4. The van der Waals surface area contributed by atoms with Gasteiger partial charge in [-0.2, -0.15) is 0 Å². The van der Waals surface area contributed by atoms with Gasteiger partial charge in [0.05, 0.1) is 26.3 Å². The van der Waals surface area contributed by atoms with Crippen LogP contribution in [-0.2, 0) is 16.0 Å². The van der Waals surface area contributed by atoms with E-state index in [0.717, 1.165) is 31.6 Å². The first-order valence-corrected chi connectivity index (χ1v) is 11.0. The molecule has 9 heteroatoms. The Morgan fingerprint density at radius 1 is 1.31 bits per heavy atom. The van der Waals surface area contributed by atoms with E-state index >= 15 is 0 Å². The molecule has 176 valence electrons. The largest absolute Gasteiger partial charge is 0.504 e. The maximum Gasteiger partial charge on any atom is 0.188 e. The van der Waals surface area contributed by atoms with E-state index in [0.29, 0.717) is 31.0 Å². The van der Waals surface area contributed by atoms with E-state index in [-0.39, 0.29) is 36.2 Å². The second kappa shape index (κ2) is 13.4. The molecule has 0 amide bonds. The molecule has 9 nitrogen and oxygen atoms in total. The molecule has 0 saturated heterocycles. The van der Waals surface area contributed by atoms with E-state index in [4.69, 9.17) is 10.5 Å². The fourth-order valence-electron chi connectivity index (χ4n) is 3.62. The molecule has 2 rings (SSSR count). The van der Waals surface area contributed by atoms with Crippen molar-refractivity contribution in [2.45, 2.75) is 51.0 Å². The number of quaternary nitrogens is 1. The zero-order valence-electron chi connectivity index (χ0n) is 19.0. The number of hydrogen-bond donors (Lipinski definition) is 5. The lowest BCUT2D eigenvalue weighted by molar-refractivity contribution is -0.843. The highest BCUT2D eigenvalue weighted by Gasteiger charge is 2.16. The van der Waals surface area contributed by atoms with Crippen molar-refractivity contribution in [2.24, 2.45) is 10.7 Å². The fourth-order valence-corrected chi connectivity index (χ4v) is 3.62. The molecule has 1 aliphatic heterocycles. The van der Waals surface area contributed by atoms with Crippen molar-refractivity contribution in [2.75, 3.05) is 27.4 Å². The number of phenols is 1. The molecule has 1 unspecified atom stereocenters. The van der Waals surface area contributed by atoms with Crippen molar-refractivity contribution in [3.8, 4) is 11.5 Å². The highest BCUT2D eigenvalue weighted by atomic mass is 16.5. The van der Waals surface area contributed by atoms with Gasteiger partial charge < -0.3 is 26.2 Å². The molecule has 0 aliphatic carbocycles. The molecule has 6 N–H and O–H groups in total. The van der Waals surface area contributed by atoms with Crippen LogP contribution in [-0.4, -0.2) is 56.0 Å². The summed E-state index contributed by atoms with van der Waals surface area (Å²) in [7, 11) is 3.12. The van der Waals surface area contributed by atoms with E-state index in [2.05, 4.69) is 21.8 Å². The molecule has 2 atom stereocenters. The van der Waals surface area contributed by atoms with Gasteiger partial charge in [0.15, 0.2) is 24.1 Å². The number of ether oxygens (including phenoxy) is 1. The minimum absolute atomic E-state index is 0.0357. The van der Waals surface area contributed by atoms with Gasteiger partial charge in [-0.25, -0.2) is 0 Å². The number of phenolic OH excluding ortho intramolecular Hbond substituents is 1. The summed E-state index contributed by atoms with van der Waals surface area (Å²) in [5.74, 6) is 0.726. The lowest BCUT2D eigenvalue weighted by Gasteiger charge is -2.20. The van der Waals surface area contributed by atoms with Gasteiger partial charge in [-0.1, -0.05) is 6.07 Å². The molecule has 1 aromatic rings. The molecule has 0 aromatic heterocycles. The maximum absolute atomic E-state index is 12.3. The zero-order chi connectivity index (χ0) is 23.3. The van der Waals surface area contributed by atoms with Gasteiger partial charge in [-0.3, -0.25) is 19.5 Å². The molecule has 0 saturated carbocycles. The number of benzene rings is 1. The molecular weight excluding hydrogens is 410 g/mol. The Labute approximate surface area is 189 Å². The SMILES string of the molecule is CN=C(N)N[C@H](CCCC(=O)CC(=O)CCc1ccc(O)c(OC)c1)CC[NH+]1C=CNC1. The van der Waals surface area contributed by atoms with E-state index in [1.807, 2.05) is 6.20 Å². The van der Waals surface area contributed by atoms with E-state index in [1.165, 1.54) is 12.0 Å². The number of guanidine groups is 1. The number of hydrogen-bond acceptors (Lipinski definition) is 6. The van der Waals surface area contributed by atoms with Crippen LogP contribution in [0.5, 0.6) is 11.5 Å². The summed E-state index contributed by atoms with van der Waals surface area (Å²) in [6.45, 7) is 1.83. The number of ketones is 2. The first-order valence-electron chi connectivity index (χ1n) is 11.0. The number of carbonyl (C=O) groups excluding carboxylic acids is 2. The second-order valence-corrected chi connectivity index (χ2v) is 8.01. The summed E-state index contributed by atoms with van der Waals surface area (Å²) >= 11 is 0. The molecule has 1 aromatic carbocycles. The number of aryl methyl sites for hydroxylation is 1. The van der Waals surface area contributed by atoms with Crippen LogP contribution in [0.1, 0.15) is 44.1 Å². The third-order valence-corrected chi connectivity index (χ3v) is 5.51. The van der Waals surface area contributed by atoms with Crippen LogP contribution >= 0.6 is 0 Å². The Morgan fingerprint density at radius 2 is 2.09 bits per heavy atom. The molecule has 0 radical (unpaired) electrons. The summed E-state index contributed by atoms with van der Waals surface area (Å²) in [6.07, 6.45) is 7.55. The number of nitrogens with one attached hydrogen (secondary N) is 3. The summed E-state index contributed by atoms with van der Waals surface area (Å²) in [5.41, 5.74) is 6.72. The minimum Gasteiger partial charge on any atom is -0.504 e. The monoisotopic (exact) mass is 446 g/mol. The van der Waals surface area contributed by atoms with Crippen LogP contribution in [0.3, 0.4) is 0 Å². The van der Waals surface area contributed by atoms with Crippen molar-refractivity contribution in [3.63, 3.8) is 0 Å². The average Bonchev–Trinajstić information content (AvgIpc) is 3.30. The lowest BCUT2D eigenvalue weighted by atomic mass is 10.0. The van der Waals surface area contributed by atoms with Gasteiger partial charge in [0.2, 0.25) is 0 Å². The van der Waals surface area contributed by atoms with Gasteiger partial charge >= 0.3 is 0 Å². The molecule has 0 spiro atoms. The van der Waals surface area contributed by atoms with Crippen molar-refractivity contribution in [3.05, 3.63) is 36.2 Å². The van der Waals surface area contributed by atoms with Crippen LogP contribution in [0.15, 0.2) is 35.6 Å². The van der Waals surface area contributed by atoms with Crippen LogP contribution < -0.4 is 26.0 Å². The number of nitrogens with zero attached hydrogens (tertiary/aromatic N) is 1. The van der Waals surface area contributed by atoms with Crippen LogP contribution in [0.4, 0.5) is 0 Å². The molecule has 0 fully saturated rings. The minimum atomic E-state index is -0.0731. The third-order valence-electron chi connectivity index (χ3n) is 5.51. The molecular formula is C23H36N5O4+. The number of nitrogens with two attached hydrogens (primary N) is 1. The Morgan fingerprint density at radius 3 is 2.78 bits per heavy atom. The third kappa shape index (κ3) is 8.97. The number of carbonyl (C=O) groups is 2. The lowest BCUT2D eigenvalue weighted by Crippen LogP contribution is -3.07. The second-order valence-electron chi connectivity index (χ2n) is 8.01. The van der Waals surface area contributed by atoms with E-state index in [9.17, 15) is 14.7 Å². The average molecular weight is 447 g/mol. The van der Waals surface area contributed by atoms with Gasteiger partial charge in [0.1, 0.15) is 17.8 Å². The van der Waals surface area contributed by atoms with Gasteiger partial charge in [0.25, 0.3) is 0 Å².